The highest BCUT2D eigenvalue weighted by atomic mass is 16.4. The molecule has 2 rings (SSSR count). The first-order chi connectivity index (χ1) is 6.77. The van der Waals surface area contributed by atoms with Crippen molar-refractivity contribution in [3.8, 4) is 11.1 Å². The predicted molar refractivity (Wildman–Crippen MR) is 49.0 cm³/mol. The van der Waals surface area contributed by atoms with E-state index in [-0.39, 0.29) is 5.43 Å². The maximum Gasteiger partial charge on any atom is 0.335 e. The highest BCUT2D eigenvalue weighted by Gasteiger charge is 2.03. The molecule has 2 aromatic heterocycles. The molecule has 2 heterocycles. The fourth-order valence-corrected chi connectivity index (χ4v) is 1.08. The summed E-state index contributed by atoms with van der Waals surface area (Å²) in [5, 5.41) is 0. The van der Waals surface area contributed by atoms with Gasteiger partial charge in [-0.1, -0.05) is 0 Å². The van der Waals surface area contributed by atoms with Gasteiger partial charge >= 0.3 is 5.63 Å². The average molecular weight is 190 g/mol. The van der Waals surface area contributed by atoms with Crippen molar-refractivity contribution in [2.45, 2.75) is 0 Å². The molecule has 0 radical (unpaired) electrons. The summed E-state index contributed by atoms with van der Waals surface area (Å²) in [6, 6.07) is 4.07. The van der Waals surface area contributed by atoms with Crippen LogP contribution in [0.1, 0.15) is 0 Å². The minimum absolute atomic E-state index is 0.176. The SMILES string of the molecule is O=c1ccc(-c2coccc2=O)co1. The van der Waals surface area contributed by atoms with Crippen LogP contribution < -0.4 is 11.1 Å². The highest BCUT2D eigenvalue weighted by Crippen LogP contribution is 2.11. The summed E-state index contributed by atoms with van der Waals surface area (Å²) in [7, 11) is 0. The van der Waals surface area contributed by atoms with Gasteiger partial charge in [-0.3, -0.25) is 4.79 Å². The molecule has 0 fully saturated rings. The maximum absolute atomic E-state index is 11.3. The molecule has 14 heavy (non-hydrogen) atoms. The third-order valence-corrected chi connectivity index (χ3v) is 1.76. The van der Waals surface area contributed by atoms with Gasteiger partial charge in [0.1, 0.15) is 12.5 Å². The van der Waals surface area contributed by atoms with Crippen LogP contribution in [0.4, 0.5) is 0 Å². The first-order valence-electron chi connectivity index (χ1n) is 3.93. The summed E-state index contributed by atoms with van der Waals surface area (Å²) in [4.78, 5) is 22.0. The zero-order chi connectivity index (χ0) is 9.97. The van der Waals surface area contributed by atoms with Crippen LogP contribution in [0.25, 0.3) is 11.1 Å². The average Bonchev–Trinajstić information content (AvgIpc) is 2.20. The Labute approximate surface area is 78.4 Å². The maximum atomic E-state index is 11.3. The molecule has 0 spiro atoms. The van der Waals surface area contributed by atoms with Gasteiger partial charge in [0.15, 0.2) is 5.43 Å². The zero-order valence-corrected chi connectivity index (χ0v) is 7.10. The van der Waals surface area contributed by atoms with E-state index in [2.05, 4.69) is 4.42 Å². The van der Waals surface area contributed by atoms with Crippen LogP contribution in [0.2, 0.25) is 0 Å². The van der Waals surface area contributed by atoms with Crippen LogP contribution in [-0.2, 0) is 0 Å². The predicted octanol–water partition coefficient (Wildman–Crippen LogP) is 1.26. The molecule has 4 heteroatoms. The lowest BCUT2D eigenvalue weighted by Crippen LogP contribution is -2.02. The van der Waals surface area contributed by atoms with Crippen molar-refractivity contribution < 1.29 is 8.83 Å². The van der Waals surface area contributed by atoms with Gasteiger partial charge in [-0.05, 0) is 6.07 Å². The van der Waals surface area contributed by atoms with Crippen LogP contribution in [0.5, 0.6) is 0 Å². The lowest BCUT2D eigenvalue weighted by atomic mass is 10.1. The summed E-state index contributed by atoms with van der Waals surface area (Å²) >= 11 is 0. The summed E-state index contributed by atoms with van der Waals surface area (Å²) in [5.74, 6) is 0. The molecule has 0 saturated carbocycles. The molecule has 2 aromatic rings. The van der Waals surface area contributed by atoms with E-state index in [1.165, 1.54) is 37.0 Å². The molecule has 70 valence electrons. The topological polar surface area (TPSA) is 60.4 Å². The second kappa shape index (κ2) is 3.33. The quantitative estimate of drug-likeness (QED) is 0.679. The molecule has 0 unspecified atom stereocenters. The van der Waals surface area contributed by atoms with E-state index in [0.717, 1.165) is 0 Å². The number of hydrogen-bond acceptors (Lipinski definition) is 4. The number of rotatable bonds is 1. The summed E-state index contributed by atoms with van der Waals surface area (Å²) in [6.45, 7) is 0. The summed E-state index contributed by atoms with van der Waals surface area (Å²) in [5.41, 5.74) is 0.273. The fraction of sp³-hybridized carbons (Fsp3) is 0. The monoisotopic (exact) mass is 190 g/mol. The van der Waals surface area contributed by atoms with Crippen LogP contribution in [-0.4, -0.2) is 0 Å². The molecule has 0 aromatic carbocycles. The molecular formula is C10H6O4. The van der Waals surface area contributed by atoms with E-state index in [0.29, 0.717) is 11.1 Å². The standard InChI is InChI=1S/C10H6O4/c11-9-3-4-13-6-8(9)7-1-2-10(12)14-5-7/h1-6H. The van der Waals surface area contributed by atoms with Gasteiger partial charge in [-0.15, -0.1) is 0 Å². The molecular weight excluding hydrogens is 184 g/mol. The van der Waals surface area contributed by atoms with Crippen LogP contribution in [0.3, 0.4) is 0 Å². The molecule has 0 aliphatic carbocycles. The first-order valence-corrected chi connectivity index (χ1v) is 3.93. The van der Waals surface area contributed by atoms with E-state index in [4.69, 9.17) is 4.42 Å². The van der Waals surface area contributed by atoms with Crippen molar-refractivity contribution in [1.29, 1.82) is 0 Å². The fourth-order valence-electron chi connectivity index (χ4n) is 1.08. The Bertz CT molecular complexity index is 530. The third-order valence-electron chi connectivity index (χ3n) is 1.76. The first kappa shape index (κ1) is 8.50. The van der Waals surface area contributed by atoms with E-state index in [1.807, 2.05) is 0 Å². The van der Waals surface area contributed by atoms with E-state index >= 15 is 0 Å². The van der Waals surface area contributed by atoms with Crippen LogP contribution in [0.15, 0.2) is 55.4 Å². The molecule has 0 aliphatic heterocycles. The molecule has 0 atom stereocenters. The zero-order valence-electron chi connectivity index (χ0n) is 7.10. The second-order valence-electron chi connectivity index (χ2n) is 2.68. The van der Waals surface area contributed by atoms with Crippen molar-refractivity contribution in [1.82, 2.24) is 0 Å². The Balaban J connectivity index is 2.61. The van der Waals surface area contributed by atoms with E-state index in [1.54, 1.807) is 0 Å². The summed E-state index contributed by atoms with van der Waals surface area (Å²) in [6.07, 6.45) is 3.84. The Morgan fingerprint density at radius 1 is 1.00 bits per heavy atom. The molecule has 0 saturated heterocycles. The Hall–Kier alpha value is -2.10. The van der Waals surface area contributed by atoms with Gasteiger partial charge in [0, 0.05) is 17.7 Å². The molecule has 0 N–H and O–H groups in total. The van der Waals surface area contributed by atoms with E-state index in [9.17, 15) is 9.59 Å². The van der Waals surface area contributed by atoms with Gasteiger partial charge in [0.05, 0.1) is 11.8 Å². The van der Waals surface area contributed by atoms with Gasteiger partial charge in [0.2, 0.25) is 0 Å². The van der Waals surface area contributed by atoms with Crippen molar-refractivity contribution in [2.75, 3.05) is 0 Å². The summed E-state index contributed by atoms with van der Waals surface area (Å²) < 4.78 is 9.49. The Morgan fingerprint density at radius 2 is 1.86 bits per heavy atom. The third kappa shape index (κ3) is 1.50. The lowest BCUT2D eigenvalue weighted by Gasteiger charge is -1.95. The molecule has 0 amide bonds. The van der Waals surface area contributed by atoms with Crippen LogP contribution in [0, 0.1) is 0 Å². The normalized spacial score (nSPS) is 10.0. The minimum atomic E-state index is -0.450. The largest absolute Gasteiger partial charge is 0.472 e. The highest BCUT2D eigenvalue weighted by molar-refractivity contribution is 5.59. The molecule has 0 aliphatic rings. The van der Waals surface area contributed by atoms with Crippen LogP contribution >= 0.6 is 0 Å². The molecule has 0 bridgehead atoms. The minimum Gasteiger partial charge on any atom is -0.472 e. The lowest BCUT2D eigenvalue weighted by molar-refractivity contribution is 0.511. The molecule has 4 nitrogen and oxygen atoms in total. The Kier molecular flexibility index (Phi) is 2.02. The Morgan fingerprint density at radius 3 is 2.50 bits per heavy atom. The number of hydrogen-bond donors (Lipinski definition) is 0. The smallest absolute Gasteiger partial charge is 0.335 e. The van der Waals surface area contributed by atoms with E-state index < -0.39 is 5.63 Å². The van der Waals surface area contributed by atoms with Crippen molar-refractivity contribution in [3.05, 3.63) is 57.6 Å². The van der Waals surface area contributed by atoms with Crippen molar-refractivity contribution >= 4 is 0 Å². The van der Waals surface area contributed by atoms with Gasteiger partial charge in [0.25, 0.3) is 0 Å². The van der Waals surface area contributed by atoms with Gasteiger partial charge < -0.3 is 8.83 Å². The van der Waals surface area contributed by atoms with Gasteiger partial charge in [-0.25, -0.2) is 4.79 Å². The van der Waals surface area contributed by atoms with Crippen molar-refractivity contribution in [3.63, 3.8) is 0 Å². The van der Waals surface area contributed by atoms with Gasteiger partial charge in [-0.2, -0.15) is 0 Å². The second-order valence-corrected chi connectivity index (χ2v) is 2.68. The van der Waals surface area contributed by atoms with Crippen molar-refractivity contribution in [2.24, 2.45) is 0 Å².